The topological polar surface area (TPSA) is 78.8 Å². The number of carbonyl (C=O) groups excluding carboxylic acids is 1. The SMILES string of the molecule is CCCC(CO)(CO)NC(=O)c1ccccc1OC. The number of amides is 1. The highest BCUT2D eigenvalue weighted by Gasteiger charge is 2.30. The van der Waals surface area contributed by atoms with Crippen molar-refractivity contribution in [1.82, 2.24) is 5.32 Å². The van der Waals surface area contributed by atoms with Gasteiger partial charge in [0.15, 0.2) is 0 Å². The third-order valence-electron chi connectivity index (χ3n) is 3.06. The summed E-state index contributed by atoms with van der Waals surface area (Å²) in [5.74, 6) is 0.0929. The van der Waals surface area contributed by atoms with E-state index in [-0.39, 0.29) is 19.1 Å². The van der Waals surface area contributed by atoms with Crippen LogP contribution in [0.3, 0.4) is 0 Å². The average Bonchev–Trinajstić information content (AvgIpc) is 2.46. The molecule has 106 valence electrons. The Labute approximate surface area is 113 Å². The van der Waals surface area contributed by atoms with Gasteiger partial charge in [0.1, 0.15) is 5.75 Å². The normalized spacial score (nSPS) is 11.2. The number of hydrogen-bond donors (Lipinski definition) is 3. The smallest absolute Gasteiger partial charge is 0.255 e. The van der Waals surface area contributed by atoms with Gasteiger partial charge in [-0.25, -0.2) is 0 Å². The molecule has 0 atom stereocenters. The van der Waals surface area contributed by atoms with Gasteiger partial charge in [-0.3, -0.25) is 4.79 Å². The van der Waals surface area contributed by atoms with Crippen molar-refractivity contribution in [3.05, 3.63) is 29.8 Å². The van der Waals surface area contributed by atoms with Crippen LogP contribution in [0, 0.1) is 0 Å². The van der Waals surface area contributed by atoms with E-state index in [1.807, 2.05) is 6.92 Å². The van der Waals surface area contributed by atoms with E-state index in [0.29, 0.717) is 17.7 Å². The van der Waals surface area contributed by atoms with Crippen LogP contribution >= 0.6 is 0 Å². The second-order valence-corrected chi connectivity index (χ2v) is 4.50. The molecule has 0 radical (unpaired) electrons. The zero-order valence-electron chi connectivity index (χ0n) is 11.3. The van der Waals surface area contributed by atoms with E-state index in [2.05, 4.69) is 5.32 Å². The highest BCUT2D eigenvalue weighted by Crippen LogP contribution is 2.19. The largest absolute Gasteiger partial charge is 0.496 e. The number of ether oxygens (including phenoxy) is 1. The molecule has 0 aliphatic heterocycles. The first-order chi connectivity index (χ1) is 9.12. The van der Waals surface area contributed by atoms with Crippen LogP contribution in [0.1, 0.15) is 30.1 Å². The molecule has 0 aliphatic rings. The van der Waals surface area contributed by atoms with E-state index in [9.17, 15) is 15.0 Å². The Bertz CT molecular complexity index is 416. The Morgan fingerprint density at radius 1 is 1.32 bits per heavy atom. The Kier molecular flexibility index (Phi) is 5.79. The molecule has 0 spiro atoms. The van der Waals surface area contributed by atoms with Crippen LogP contribution in [0.5, 0.6) is 5.75 Å². The Balaban J connectivity index is 2.93. The van der Waals surface area contributed by atoms with E-state index in [1.165, 1.54) is 7.11 Å². The molecule has 1 rings (SSSR count). The molecule has 0 fully saturated rings. The predicted octanol–water partition coefficient (Wildman–Crippen LogP) is 0.948. The Morgan fingerprint density at radius 3 is 2.47 bits per heavy atom. The van der Waals surface area contributed by atoms with Gasteiger partial charge in [0, 0.05) is 0 Å². The molecular formula is C14H21NO4. The van der Waals surface area contributed by atoms with Crippen molar-refractivity contribution in [2.45, 2.75) is 25.3 Å². The van der Waals surface area contributed by atoms with Gasteiger partial charge in [-0.1, -0.05) is 25.5 Å². The zero-order valence-corrected chi connectivity index (χ0v) is 11.3. The number of benzene rings is 1. The van der Waals surface area contributed by atoms with Crippen molar-refractivity contribution >= 4 is 5.91 Å². The van der Waals surface area contributed by atoms with Crippen LogP contribution in [0.25, 0.3) is 0 Å². The molecule has 5 heteroatoms. The molecule has 1 amide bonds. The van der Waals surface area contributed by atoms with Gasteiger partial charge < -0.3 is 20.3 Å². The maximum Gasteiger partial charge on any atom is 0.255 e. The van der Waals surface area contributed by atoms with E-state index in [1.54, 1.807) is 24.3 Å². The van der Waals surface area contributed by atoms with Crippen LogP contribution in [0.15, 0.2) is 24.3 Å². The minimum atomic E-state index is -0.993. The summed E-state index contributed by atoms with van der Waals surface area (Å²) in [7, 11) is 1.49. The molecule has 19 heavy (non-hydrogen) atoms. The highest BCUT2D eigenvalue weighted by molar-refractivity contribution is 5.97. The van der Waals surface area contributed by atoms with Gasteiger partial charge in [-0.2, -0.15) is 0 Å². The number of hydrogen-bond acceptors (Lipinski definition) is 4. The second-order valence-electron chi connectivity index (χ2n) is 4.50. The fourth-order valence-corrected chi connectivity index (χ4v) is 1.97. The van der Waals surface area contributed by atoms with Gasteiger partial charge in [0.05, 0.1) is 31.4 Å². The van der Waals surface area contributed by atoms with Crippen LogP contribution in [-0.2, 0) is 0 Å². The third-order valence-corrected chi connectivity index (χ3v) is 3.06. The summed E-state index contributed by atoms with van der Waals surface area (Å²) in [6.07, 6.45) is 1.24. The van der Waals surface area contributed by atoms with Gasteiger partial charge in [0.25, 0.3) is 5.91 Å². The molecule has 3 N–H and O–H groups in total. The fourth-order valence-electron chi connectivity index (χ4n) is 1.97. The van der Waals surface area contributed by atoms with E-state index in [0.717, 1.165) is 6.42 Å². The average molecular weight is 267 g/mol. The quantitative estimate of drug-likeness (QED) is 0.687. The molecule has 0 unspecified atom stereocenters. The number of methoxy groups -OCH3 is 1. The molecule has 0 bridgehead atoms. The van der Waals surface area contributed by atoms with Crippen molar-refractivity contribution < 1.29 is 19.7 Å². The molecule has 0 aromatic heterocycles. The monoisotopic (exact) mass is 267 g/mol. The predicted molar refractivity (Wildman–Crippen MR) is 72.3 cm³/mol. The van der Waals surface area contributed by atoms with E-state index >= 15 is 0 Å². The first-order valence-electron chi connectivity index (χ1n) is 6.29. The summed E-state index contributed by atoms with van der Waals surface area (Å²) in [6.45, 7) is 1.31. The van der Waals surface area contributed by atoms with Crippen molar-refractivity contribution in [2.75, 3.05) is 20.3 Å². The van der Waals surface area contributed by atoms with Crippen LogP contribution in [0.2, 0.25) is 0 Å². The minimum absolute atomic E-state index is 0.307. The third kappa shape index (κ3) is 3.68. The second kappa shape index (κ2) is 7.11. The number of nitrogens with one attached hydrogen (secondary N) is 1. The van der Waals surface area contributed by atoms with Crippen LogP contribution < -0.4 is 10.1 Å². The van der Waals surface area contributed by atoms with Gasteiger partial charge >= 0.3 is 0 Å². The number of rotatable bonds is 7. The summed E-state index contributed by atoms with van der Waals surface area (Å²) >= 11 is 0. The van der Waals surface area contributed by atoms with Crippen LogP contribution in [0.4, 0.5) is 0 Å². The standard InChI is InChI=1S/C14H21NO4/c1-3-8-14(9-16,10-17)15-13(18)11-6-4-5-7-12(11)19-2/h4-7,16-17H,3,8-10H2,1-2H3,(H,15,18). The molecule has 1 aromatic rings. The zero-order chi connectivity index (χ0) is 14.3. The lowest BCUT2D eigenvalue weighted by Gasteiger charge is -2.31. The Hall–Kier alpha value is -1.59. The number of carbonyl (C=O) groups is 1. The Morgan fingerprint density at radius 2 is 1.95 bits per heavy atom. The molecule has 0 saturated heterocycles. The summed E-state index contributed by atoms with van der Waals surface area (Å²) < 4.78 is 5.12. The lowest BCUT2D eigenvalue weighted by atomic mass is 9.95. The summed E-state index contributed by atoms with van der Waals surface area (Å²) in [6, 6.07) is 6.83. The van der Waals surface area contributed by atoms with Gasteiger partial charge in [-0.05, 0) is 18.6 Å². The summed E-state index contributed by atoms with van der Waals surface area (Å²) in [5, 5.41) is 21.6. The first-order valence-corrected chi connectivity index (χ1v) is 6.29. The van der Waals surface area contributed by atoms with Crippen molar-refractivity contribution in [3.8, 4) is 5.75 Å². The lowest BCUT2D eigenvalue weighted by Crippen LogP contribution is -2.54. The molecule has 0 saturated carbocycles. The molecule has 0 aliphatic carbocycles. The van der Waals surface area contributed by atoms with Crippen LogP contribution in [-0.4, -0.2) is 42.0 Å². The maximum absolute atomic E-state index is 12.2. The van der Waals surface area contributed by atoms with Gasteiger partial charge in [0.2, 0.25) is 0 Å². The number of aliphatic hydroxyl groups excluding tert-OH is 2. The van der Waals surface area contributed by atoms with E-state index in [4.69, 9.17) is 4.74 Å². The molecular weight excluding hydrogens is 246 g/mol. The number of para-hydroxylation sites is 1. The lowest BCUT2D eigenvalue weighted by molar-refractivity contribution is 0.0630. The van der Waals surface area contributed by atoms with Crippen molar-refractivity contribution in [2.24, 2.45) is 0 Å². The van der Waals surface area contributed by atoms with Crippen molar-refractivity contribution in [3.63, 3.8) is 0 Å². The maximum atomic E-state index is 12.2. The summed E-state index contributed by atoms with van der Waals surface area (Å²) in [4.78, 5) is 12.2. The first kappa shape index (κ1) is 15.5. The van der Waals surface area contributed by atoms with Crippen molar-refractivity contribution in [1.29, 1.82) is 0 Å². The summed E-state index contributed by atoms with van der Waals surface area (Å²) in [5.41, 5.74) is -0.612. The molecule has 0 heterocycles. The fraction of sp³-hybridized carbons (Fsp3) is 0.500. The molecule has 5 nitrogen and oxygen atoms in total. The van der Waals surface area contributed by atoms with E-state index < -0.39 is 5.54 Å². The molecule has 1 aromatic carbocycles. The van der Waals surface area contributed by atoms with Gasteiger partial charge in [-0.15, -0.1) is 0 Å². The minimum Gasteiger partial charge on any atom is -0.496 e. The highest BCUT2D eigenvalue weighted by atomic mass is 16.5. The number of aliphatic hydroxyl groups is 2.